The lowest BCUT2D eigenvalue weighted by atomic mass is 10.2. The predicted octanol–water partition coefficient (Wildman–Crippen LogP) is 2.60. The zero-order valence-electron chi connectivity index (χ0n) is 19.0. The van der Waals surface area contributed by atoms with Gasteiger partial charge in [0.25, 0.3) is 5.91 Å². The quantitative estimate of drug-likeness (QED) is 0.601. The van der Waals surface area contributed by atoms with Crippen LogP contribution in [-0.2, 0) is 14.8 Å². The molecule has 2 aromatic carbocycles. The number of amides is 1. The first-order chi connectivity index (χ1) is 15.2. The molecule has 3 rings (SSSR count). The molecule has 0 bridgehead atoms. The lowest BCUT2D eigenvalue weighted by Crippen LogP contribution is -2.52. The van der Waals surface area contributed by atoms with Crippen molar-refractivity contribution in [3.8, 4) is 11.5 Å². The van der Waals surface area contributed by atoms with E-state index in [0.29, 0.717) is 30.9 Å². The Bertz CT molecular complexity index is 1000. The SMILES string of the molecule is CC[C@H](Oc1ccc(N(C)S(C)(=O)=O)cc1)C(=O)N1CCN(c2ccc(OC)cc2)CC1. The van der Waals surface area contributed by atoms with Crippen molar-refractivity contribution in [2.75, 3.05) is 55.8 Å². The molecule has 1 fully saturated rings. The minimum absolute atomic E-state index is 0.0285. The van der Waals surface area contributed by atoms with E-state index in [-0.39, 0.29) is 5.91 Å². The summed E-state index contributed by atoms with van der Waals surface area (Å²) in [7, 11) is -0.189. The molecule has 1 amide bonds. The average molecular weight is 462 g/mol. The van der Waals surface area contributed by atoms with E-state index in [2.05, 4.69) is 4.90 Å². The maximum atomic E-state index is 13.0. The second kappa shape index (κ2) is 10.1. The van der Waals surface area contributed by atoms with Gasteiger partial charge in [-0.15, -0.1) is 0 Å². The van der Waals surface area contributed by atoms with Crippen LogP contribution in [0.3, 0.4) is 0 Å². The van der Waals surface area contributed by atoms with E-state index in [1.165, 1.54) is 11.4 Å². The smallest absolute Gasteiger partial charge is 0.263 e. The molecule has 0 radical (unpaired) electrons. The summed E-state index contributed by atoms with van der Waals surface area (Å²) in [5.41, 5.74) is 1.65. The maximum absolute atomic E-state index is 13.0. The monoisotopic (exact) mass is 461 g/mol. The summed E-state index contributed by atoms with van der Waals surface area (Å²) in [6, 6.07) is 14.6. The molecule has 0 N–H and O–H groups in total. The predicted molar refractivity (Wildman–Crippen MR) is 126 cm³/mol. The van der Waals surface area contributed by atoms with Crippen molar-refractivity contribution < 1.29 is 22.7 Å². The van der Waals surface area contributed by atoms with Gasteiger partial charge in [-0.05, 0) is 55.0 Å². The van der Waals surface area contributed by atoms with Gasteiger partial charge in [0.05, 0.1) is 19.1 Å². The number of rotatable bonds is 8. The van der Waals surface area contributed by atoms with Crippen molar-refractivity contribution in [2.45, 2.75) is 19.4 Å². The van der Waals surface area contributed by atoms with E-state index in [1.807, 2.05) is 36.1 Å². The van der Waals surface area contributed by atoms with Gasteiger partial charge in [-0.2, -0.15) is 0 Å². The van der Waals surface area contributed by atoms with Crippen molar-refractivity contribution in [3.63, 3.8) is 0 Å². The van der Waals surface area contributed by atoms with Gasteiger partial charge >= 0.3 is 0 Å². The molecule has 1 aliphatic heterocycles. The Morgan fingerprint density at radius 2 is 1.56 bits per heavy atom. The number of methoxy groups -OCH3 is 1. The number of piperazine rings is 1. The summed E-state index contributed by atoms with van der Waals surface area (Å²) in [5, 5.41) is 0. The fraction of sp³-hybridized carbons (Fsp3) is 0.435. The minimum Gasteiger partial charge on any atom is -0.497 e. The Morgan fingerprint density at radius 3 is 2.06 bits per heavy atom. The molecule has 0 aromatic heterocycles. The maximum Gasteiger partial charge on any atom is 0.263 e. The van der Waals surface area contributed by atoms with Crippen LogP contribution in [0.1, 0.15) is 13.3 Å². The van der Waals surface area contributed by atoms with E-state index < -0.39 is 16.1 Å². The topological polar surface area (TPSA) is 79.4 Å². The molecule has 1 heterocycles. The largest absolute Gasteiger partial charge is 0.497 e. The summed E-state index contributed by atoms with van der Waals surface area (Å²) < 4.78 is 35.7. The fourth-order valence-corrected chi connectivity index (χ4v) is 4.09. The van der Waals surface area contributed by atoms with Crippen LogP contribution in [0, 0.1) is 0 Å². The van der Waals surface area contributed by atoms with Gasteiger partial charge in [0.2, 0.25) is 10.0 Å². The highest BCUT2D eigenvalue weighted by Crippen LogP contribution is 2.23. The number of sulfonamides is 1. The van der Waals surface area contributed by atoms with Crippen molar-refractivity contribution >= 4 is 27.3 Å². The molecule has 1 atom stereocenters. The van der Waals surface area contributed by atoms with Gasteiger partial charge in [0.1, 0.15) is 11.5 Å². The van der Waals surface area contributed by atoms with Crippen LogP contribution < -0.4 is 18.7 Å². The van der Waals surface area contributed by atoms with Crippen LogP contribution in [0.25, 0.3) is 0 Å². The van der Waals surface area contributed by atoms with Gasteiger partial charge in [-0.25, -0.2) is 8.42 Å². The molecule has 0 spiro atoms. The molecule has 0 aliphatic carbocycles. The van der Waals surface area contributed by atoms with Crippen LogP contribution in [0.2, 0.25) is 0 Å². The molecule has 174 valence electrons. The lowest BCUT2D eigenvalue weighted by Gasteiger charge is -2.37. The van der Waals surface area contributed by atoms with Crippen LogP contribution in [0.5, 0.6) is 11.5 Å². The van der Waals surface area contributed by atoms with E-state index in [9.17, 15) is 13.2 Å². The Hall–Kier alpha value is -2.94. The van der Waals surface area contributed by atoms with Gasteiger partial charge < -0.3 is 19.3 Å². The Labute approximate surface area is 190 Å². The zero-order valence-corrected chi connectivity index (χ0v) is 19.8. The highest BCUT2D eigenvalue weighted by atomic mass is 32.2. The third-order valence-corrected chi connectivity index (χ3v) is 6.86. The Kier molecular flexibility index (Phi) is 7.50. The average Bonchev–Trinajstić information content (AvgIpc) is 2.81. The number of ether oxygens (including phenoxy) is 2. The summed E-state index contributed by atoms with van der Waals surface area (Å²) in [6.07, 6.45) is 1.11. The zero-order chi connectivity index (χ0) is 23.3. The molecule has 0 saturated carbocycles. The first kappa shape index (κ1) is 23.7. The minimum atomic E-state index is -3.33. The number of anilines is 2. The summed E-state index contributed by atoms with van der Waals surface area (Å²) in [4.78, 5) is 17.1. The highest BCUT2D eigenvalue weighted by molar-refractivity contribution is 7.92. The summed E-state index contributed by atoms with van der Waals surface area (Å²) >= 11 is 0. The molecule has 8 nitrogen and oxygen atoms in total. The van der Waals surface area contributed by atoms with Crippen LogP contribution >= 0.6 is 0 Å². The molecule has 0 unspecified atom stereocenters. The van der Waals surface area contributed by atoms with Crippen LogP contribution in [-0.4, -0.2) is 71.9 Å². The first-order valence-corrected chi connectivity index (χ1v) is 12.5. The van der Waals surface area contributed by atoms with Crippen molar-refractivity contribution in [2.24, 2.45) is 0 Å². The van der Waals surface area contributed by atoms with Gasteiger partial charge in [0.15, 0.2) is 6.10 Å². The van der Waals surface area contributed by atoms with Crippen molar-refractivity contribution in [3.05, 3.63) is 48.5 Å². The number of carbonyl (C=O) groups is 1. The van der Waals surface area contributed by atoms with Crippen molar-refractivity contribution in [1.29, 1.82) is 0 Å². The molecular formula is C23H31N3O5S. The second-order valence-electron chi connectivity index (χ2n) is 7.75. The molecule has 32 heavy (non-hydrogen) atoms. The van der Waals surface area contributed by atoms with E-state index >= 15 is 0 Å². The Morgan fingerprint density at radius 1 is 1.00 bits per heavy atom. The van der Waals surface area contributed by atoms with Gasteiger partial charge in [-0.3, -0.25) is 9.10 Å². The molecule has 2 aromatic rings. The Balaban J connectivity index is 1.58. The lowest BCUT2D eigenvalue weighted by molar-refractivity contribution is -0.139. The highest BCUT2D eigenvalue weighted by Gasteiger charge is 2.28. The molecule has 1 aliphatic rings. The fourth-order valence-electron chi connectivity index (χ4n) is 3.58. The normalized spacial score (nSPS) is 15.2. The third kappa shape index (κ3) is 5.64. The number of nitrogens with zero attached hydrogens (tertiary/aromatic N) is 3. The van der Waals surface area contributed by atoms with Gasteiger partial charge in [-0.1, -0.05) is 6.92 Å². The first-order valence-electron chi connectivity index (χ1n) is 10.6. The van der Waals surface area contributed by atoms with E-state index in [1.54, 1.807) is 31.4 Å². The number of carbonyl (C=O) groups excluding carboxylic acids is 1. The van der Waals surface area contributed by atoms with Crippen molar-refractivity contribution in [1.82, 2.24) is 4.90 Å². The molecule has 9 heteroatoms. The van der Waals surface area contributed by atoms with Crippen LogP contribution in [0.4, 0.5) is 11.4 Å². The number of hydrogen-bond donors (Lipinski definition) is 0. The van der Waals surface area contributed by atoms with E-state index in [0.717, 1.165) is 30.8 Å². The molecule has 1 saturated heterocycles. The number of benzene rings is 2. The standard InChI is InChI=1S/C23H31N3O5S/c1-5-22(31-21-12-6-18(7-13-21)24(2)32(4,28)29)23(27)26-16-14-25(15-17-26)19-8-10-20(30-3)11-9-19/h6-13,22H,5,14-17H2,1-4H3/t22-/m0/s1. The van der Waals surface area contributed by atoms with Gasteiger partial charge in [0, 0.05) is 38.9 Å². The third-order valence-electron chi connectivity index (χ3n) is 5.65. The second-order valence-corrected chi connectivity index (χ2v) is 9.76. The van der Waals surface area contributed by atoms with E-state index in [4.69, 9.17) is 9.47 Å². The summed E-state index contributed by atoms with van der Waals surface area (Å²) in [6.45, 7) is 4.68. The summed E-state index contributed by atoms with van der Waals surface area (Å²) in [5.74, 6) is 1.33. The molecular weight excluding hydrogens is 430 g/mol. The number of hydrogen-bond acceptors (Lipinski definition) is 6. The van der Waals surface area contributed by atoms with Crippen LogP contribution in [0.15, 0.2) is 48.5 Å².